The lowest BCUT2D eigenvalue weighted by Crippen LogP contribution is -2.43. The molecule has 1 rings (SSSR count). The van der Waals surface area contributed by atoms with Crippen molar-refractivity contribution < 1.29 is 24.2 Å². The Labute approximate surface area is 105 Å². The summed E-state index contributed by atoms with van der Waals surface area (Å²) in [5.41, 5.74) is 0. The average Bonchev–Trinajstić information content (AvgIpc) is 2.34. The molecule has 0 aliphatic heterocycles. The highest BCUT2D eigenvalue weighted by molar-refractivity contribution is 5.82. The molecule has 0 aliphatic rings. The van der Waals surface area contributed by atoms with E-state index in [2.05, 4.69) is 5.32 Å². The van der Waals surface area contributed by atoms with Crippen LogP contribution in [0.15, 0.2) is 24.3 Å². The highest BCUT2D eigenvalue weighted by Gasteiger charge is 2.18. The van der Waals surface area contributed by atoms with Crippen LogP contribution in [0.1, 0.15) is 6.92 Å². The van der Waals surface area contributed by atoms with Crippen LogP contribution in [0.5, 0.6) is 11.5 Å². The number of rotatable bonds is 6. The molecule has 0 spiro atoms. The minimum atomic E-state index is -1.14. The molecule has 0 aliphatic carbocycles. The van der Waals surface area contributed by atoms with E-state index in [1.54, 1.807) is 31.4 Å². The molecule has 0 fully saturated rings. The Morgan fingerprint density at radius 1 is 1.28 bits per heavy atom. The fraction of sp³-hybridized carbons (Fsp3) is 0.333. The van der Waals surface area contributed by atoms with Crippen LogP contribution in [0.2, 0.25) is 0 Å². The summed E-state index contributed by atoms with van der Waals surface area (Å²) in [4.78, 5) is 21.6. The molecule has 1 atom stereocenters. The summed E-state index contributed by atoms with van der Waals surface area (Å²) in [5.74, 6) is -0.370. The van der Waals surface area contributed by atoms with Crippen molar-refractivity contribution in [1.29, 1.82) is 0 Å². The summed E-state index contributed by atoms with van der Waals surface area (Å²) in [6, 6.07) is 5.65. The number of ether oxygens (including phenoxy) is 2. The van der Waals surface area contributed by atoms with Gasteiger partial charge < -0.3 is 19.9 Å². The van der Waals surface area contributed by atoms with Gasteiger partial charge in [-0.25, -0.2) is 4.79 Å². The fourth-order valence-electron chi connectivity index (χ4n) is 1.27. The van der Waals surface area contributed by atoms with Gasteiger partial charge in [0.15, 0.2) is 6.04 Å². The second kappa shape index (κ2) is 6.48. The highest BCUT2D eigenvalue weighted by Crippen LogP contribution is 2.17. The Morgan fingerprint density at radius 2 is 1.83 bits per heavy atom. The number of methoxy groups -OCH3 is 1. The number of nitrogens with one attached hydrogen (secondary N) is 1. The summed E-state index contributed by atoms with van der Waals surface area (Å²) in [6.45, 7) is 1.12. The molecule has 0 bridgehead atoms. The van der Waals surface area contributed by atoms with Crippen LogP contribution in [0, 0.1) is 0 Å². The van der Waals surface area contributed by atoms with Crippen molar-refractivity contribution in [2.45, 2.75) is 13.0 Å². The second-order valence-corrected chi connectivity index (χ2v) is 3.58. The standard InChI is InChI=1S/C12H15NO5/c1-8(14)13-11(12(15)16)7-18-10-5-3-9(17-2)4-6-10/h3-6,11H,7H2,1-2H3,(H,13,14)(H,15,16). The average molecular weight is 253 g/mol. The van der Waals surface area contributed by atoms with E-state index in [1.165, 1.54) is 6.92 Å². The van der Waals surface area contributed by atoms with Crippen LogP contribution >= 0.6 is 0 Å². The second-order valence-electron chi connectivity index (χ2n) is 3.58. The van der Waals surface area contributed by atoms with Crippen molar-refractivity contribution in [2.75, 3.05) is 13.7 Å². The first-order chi connectivity index (χ1) is 8.52. The number of amides is 1. The van der Waals surface area contributed by atoms with Gasteiger partial charge >= 0.3 is 5.97 Å². The predicted octanol–water partition coefficient (Wildman–Crippen LogP) is 0.663. The van der Waals surface area contributed by atoms with Gasteiger partial charge in [-0.3, -0.25) is 4.79 Å². The van der Waals surface area contributed by atoms with Gasteiger partial charge in [-0.1, -0.05) is 0 Å². The van der Waals surface area contributed by atoms with Crippen molar-refractivity contribution in [3.63, 3.8) is 0 Å². The first kappa shape index (κ1) is 13.8. The monoisotopic (exact) mass is 253 g/mol. The maximum absolute atomic E-state index is 10.8. The molecular formula is C12H15NO5. The Balaban J connectivity index is 2.55. The van der Waals surface area contributed by atoms with Crippen LogP contribution in [0.25, 0.3) is 0 Å². The fourth-order valence-corrected chi connectivity index (χ4v) is 1.27. The largest absolute Gasteiger partial charge is 0.497 e. The number of carboxylic acids is 1. The van der Waals surface area contributed by atoms with Gasteiger partial charge in [0.25, 0.3) is 0 Å². The Kier molecular flexibility index (Phi) is 4.98. The van der Waals surface area contributed by atoms with Crippen molar-refractivity contribution in [1.82, 2.24) is 5.32 Å². The summed E-state index contributed by atoms with van der Waals surface area (Å²) < 4.78 is 10.3. The van der Waals surface area contributed by atoms with Crippen LogP contribution in [0.3, 0.4) is 0 Å². The van der Waals surface area contributed by atoms with E-state index >= 15 is 0 Å². The minimum absolute atomic E-state index is 0.138. The van der Waals surface area contributed by atoms with Gasteiger partial charge in [-0.05, 0) is 24.3 Å². The molecule has 6 heteroatoms. The lowest BCUT2D eigenvalue weighted by atomic mass is 10.3. The molecule has 1 aromatic rings. The first-order valence-corrected chi connectivity index (χ1v) is 5.29. The van der Waals surface area contributed by atoms with Gasteiger partial charge in [0, 0.05) is 6.92 Å². The third-order valence-corrected chi connectivity index (χ3v) is 2.15. The van der Waals surface area contributed by atoms with Gasteiger partial charge in [0.1, 0.15) is 18.1 Å². The molecule has 2 N–H and O–H groups in total. The minimum Gasteiger partial charge on any atom is -0.497 e. The van der Waals surface area contributed by atoms with Gasteiger partial charge in [0.2, 0.25) is 5.91 Å². The third kappa shape index (κ3) is 4.32. The highest BCUT2D eigenvalue weighted by atomic mass is 16.5. The van der Waals surface area contributed by atoms with Gasteiger partial charge in [-0.2, -0.15) is 0 Å². The van der Waals surface area contributed by atoms with Crippen LogP contribution in [-0.4, -0.2) is 36.7 Å². The molecule has 98 valence electrons. The van der Waals surface area contributed by atoms with Crippen molar-refractivity contribution in [2.24, 2.45) is 0 Å². The zero-order valence-corrected chi connectivity index (χ0v) is 10.2. The van der Waals surface area contributed by atoms with E-state index in [1.807, 2.05) is 0 Å². The van der Waals surface area contributed by atoms with E-state index in [-0.39, 0.29) is 6.61 Å². The normalized spacial score (nSPS) is 11.4. The smallest absolute Gasteiger partial charge is 0.329 e. The predicted molar refractivity (Wildman–Crippen MR) is 63.7 cm³/mol. The van der Waals surface area contributed by atoms with Gasteiger partial charge in [0.05, 0.1) is 7.11 Å². The van der Waals surface area contributed by atoms with Crippen LogP contribution in [0.4, 0.5) is 0 Å². The third-order valence-electron chi connectivity index (χ3n) is 2.15. The van der Waals surface area contributed by atoms with Crippen LogP contribution < -0.4 is 14.8 Å². The number of carboxylic acid groups (broad SMARTS) is 1. The Bertz CT molecular complexity index is 415. The molecule has 1 unspecified atom stereocenters. The van der Waals surface area contributed by atoms with E-state index in [0.717, 1.165) is 0 Å². The lowest BCUT2D eigenvalue weighted by Gasteiger charge is -2.14. The topological polar surface area (TPSA) is 84.9 Å². The SMILES string of the molecule is COc1ccc(OCC(NC(C)=O)C(=O)O)cc1. The zero-order chi connectivity index (χ0) is 13.5. The molecule has 6 nitrogen and oxygen atoms in total. The van der Waals surface area contributed by atoms with Crippen molar-refractivity contribution >= 4 is 11.9 Å². The summed E-state index contributed by atoms with van der Waals surface area (Å²) >= 11 is 0. The van der Waals surface area contributed by atoms with E-state index in [0.29, 0.717) is 11.5 Å². The zero-order valence-electron chi connectivity index (χ0n) is 10.2. The molecule has 0 saturated carbocycles. The number of benzene rings is 1. The lowest BCUT2D eigenvalue weighted by molar-refractivity contribution is -0.142. The maximum Gasteiger partial charge on any atom is 0.329 e. The van der Waals surface area contributed by atoms with Crippen LogP contribution in [-0.2, 0) is 9.59 Å². The maximum atomic E-state index is 10.8. The summed E-state index contributed by atoms with van der Waals surface area (Å²) in [5, 5.41) is 11.2. The number of carbonyl (C=O) groups is 2. The summed E-state index contributed by atoms with van der Waals surface area (Å²) in [7, 11) is 1.55. The molecule has 18 heavy (non-hydrogen) atoms. The molecular weight excluding hydrogens is 238 g/mol. The van der Waals surface area contributed by atoms with E-state index in [4.69, 9.17) is 14.6 Å². The molecule has 1 aromatic carbocycles. The molecule has 1 amide bonds. The first-order valence-electron chi connectivity index (χ1n) is 5.29. The van der Waals surface area contributed by atoms with E-state index < -0.39 is 17.9 Å². The number of hydrogen-bond acceptors (Lipinski definition) is 4. The van der Waals surface area contributed by atoms with Crippen molar-refractivity contribution in [3.05, 3.63) is 24.3 Å². The number of carbonyl (C=O) groups excluding carboxylic acids is 1. The molecule has 0 aromatic heterocycles. The Hall–Kier alpha value is -2.24. The molecule has 0 saturated heterocycles. The van der Waals surface area contributed by atoms with E-state index in [9.17, 15) is 9.59 Å². The number of hydrogen-bond donors (Lipinski definition) is 2. The molecule has 0 heterocycles. The number of aliphatic carboxylic acids is 1. The quantitative estimate of drug-likeness (QED) is 0.778. The van der Waals surface area contributed by atoms with Crippen molar-refractivity contribution in [3.8, 4) is 11.5 Å². The molecule has 0 radical (unpaired) electrons. The summed E-state index contributed by atoms with van der Waals surface area (Å²) in [6.07, 6.45) is 0. The van der Waals surface area contributed by atoms with Gasteiger partial charge in [-0.15, -0.1) is 0 Å². The Morgan fingerprint density at radius 3 is 2.28 bits per heavy atom.